The van der Waals surface area contributed by atoms with E-state index in [1.807, 2.05) is 0 Å². The van der Waals surface area contributed by atoms with E-state index in [1.165, 1.54) is 24.3 Å². The first-order valence-electron chi connectivity index (χ1n) is 5.52. The smallest absolute Gasteiger partial charge is 0.417 e. The van der Waals surface area contributed by atoms with Crippen molar-refractivity contribution >= 4 is 5.97 Å². The van der Waals surface area contributed by atoms with Crippen molar-refractivity contribution < 1.29 is 27.1 Å². The lowest BCUT2D eigenvalue weighted by Gasteiger charge is -2.12. The summed E-state index contributed by atoms with van der Waals surface area (Å²) in [5, 5.41) is 0. The number of carbonyl (C=O) groups excluding carboxylic acids is 1. The van der Waals surface area contributed by atoms with Crippen molar-refractivity contribution in [3.8, 4) is 5.75 Å². The van der Waals surface area contributed by atoms with Crippen molar-refractivity contribution in [2.75, 3.05) is 0 Å². The summed E-state index contributed by atoms with van der Waals surface area (Å²) in [5.41, 5.74) is -2.48. The van der Waals surface area contributed by atoms with Crippen molar-refractivity contribution in [2.24, 2.45) is 0 Å². The lowest BCUT2D eigenvalue weighted by Crippen LogP contribution is -2.18. The molecule has 0 unspecified atom stereocenters. The molecule has 0 aromatic heterocycles. The number of carbonyl (C=O) groups is 1. The average Bonchev–Trinajstić information content (AvgIpc) is 2.38. The van der Waals surface area contributed by atoms with Crippen molar-refractivity contribution in [3.63, 3.8) is 0 Å². The molecule has 0 fully saturated rings. The highest BCUT2D eigenvalue weighted by molar-refractivity contribution is 5.93. The molecule has 0 spiro atoms. The normalized spacial score (nSPS) is 11.2. The van der Waals surface area contributed by atoms with Crippen LogP contribution in [-0.4, -0.2) is 5.97 Å². The van der Waals surface area contributed by atoms with Crippen molar-refractivity contribution in [1.29, 1.82) is 0 Å². The van der Waals surface area contributed by atoms with Crippen LogP contribution in [0.3, 0.4) is 0 Å². The molecule has 2 rings (SSSR count). The van der Waals surface area contributed by atoms with Gasteiger partial charge in [0.1, 0.15) is 17.1 Å². The zero-order chi connectivity index (χ0) is 14.8. The number of hydrogen-bond acceptors (Lipinski definition) is 2. The SMILES string of the molecule is O=C(Oc1ccccc1)c1c(F)cccc1C(F)(F)F. The molecule has 0 bridgehead atoms. The molecule has 0 aliphatic carbocycles. The second kappa shape index (κ2) is 5.32. The van der Waals surface area contributed by atoms with Gasteiger partial charge in [-0.15, -0.1) is 0 Å². The predicted molar refractivity (Wildman–Crippen MR) is 62.8 cm³/mol. The molecule has 2 nitrogen and oxygen atoms in total. The van der Waals surface area contributed by atoms with E-state index in [9.17, 15) is 22.4 Å². The highest BCUT2D eigenvalue weighted by Crippen LogP contribution is 2.33. The molecule has 2 aromatic rings. The lowest BCUT2D eigenvalue weighted by atomic mass is 10.1. The number of benzene rings is 2. The number of alkyl halides is 3. The molecule has 0 N–H and O–H groups in total. The average molecular weight is 284 g/mol. The van der Waals surface area contributed by atoms with Gasteiger partial charge in [0.05, 0.1) is 5.56 Å². The monoisotopic (exact) mass is 284 g/mol. The van der Waals surface area contributed by atoms with E-state index in [-0.39, 0.29) is 5.75 Å². The fourth-order valence-corrected chi connectivity index (χ4v) is 1.61. The van der Waals surface area contributed by atoms with E-state index >= 15 is 0 Å². The first-order valence-corrected chi connectivity index (χ1v) is 5.52. The third-order valence-corrected chi connectivity index (χ3v) is 2.48. The Balaban J connectivity index is 2.40. The van der Waals surface area contributed by atoms with Crippen LogP contribution in [0.1, 0.15) is 15.9 Å². The Morgan fingerprint density at radius 2 is 1.60 bits per heavy atom. The van der Waals surface area contributed by atoms with Gasteiger partial charge in [-0.2, -0.15) is 13.2 Å². The minimum atomic E-state index is -4.84. The zero-order valence-corrected chi connectivity index (χ0v) is 9.95. The van der Waals surface area contributed by atoms with Crippen LogP contribution in [0.15, 0.2) is 48.5 Å². The summed E-state index contributed by atoms with van der Waals surface area (Å²) in [7, 11) is 0. The van der Waals surface area contributed by atoms with Gasteiger partial charge in [-0.1, -0.05) is 24.3 Å². The predicted octanol–water partition coefficient (Wildman–Crippen LogP) is 4.06. The van der Waals surface area contributed by atoms with E-state index in [0.717, 1.165) is 12.1 Å². The van der Waals surface area contributed by atoms with Crippen LogP contribution in [0.2, 0.25) is 0 Å². The highest BCUT2D eigenvalue weighted by atomic mass is 19.4. The molecule has 20 heavy (non-hydrogen) atoms. The van der Waals surface area contributed by atoms with Gasteiger partial charge in [0.15, 0.2) is 0 Å². The minimum Gasteiger partial charge on any atom is -0.423 e. The van der Waals surface area contributed by atoms with Crippen LogP contribution in [0.25, 0.3) is 0 Å². The molecule has 0 radical (unpaired) electrons. The Bertz CT molecular complexity index is 621. The fourth-order valence-electron chi connectivity index (χ4n) is 1.61. The summed E-state index contributed by atoms with van der Waals surface area (Å²) in [4.78, 5) is 11.7. The number of esters is 1. The molecule has 0 heterocycles. The molecule has 0 amide bonds. The largest absolute Gasteiger partial charge is 0.423 e. The molecule has 0 aliphatic rings. The summed E-state index contributed by atoms with van der Waals surface area (Å²) in [6, 6.07) is 9.77. The summed E-state index contributed by atoms with van der Waals surface area (Å²) < 4.78 is 56.5. The quantitative estimate of drug-likeness (QED) is 0.472. The number of rotatable bonds is 2. The van der Waals surface area contributed by atoms with Gasteiger partial charge in [0, 0.05) is 0 Å². The molecular formula is C14H8F4O2. The van der Waals surface area contributed by atoms with Crippen LogP contribution in [0, 0.1) is 5.82 Å². The van der Waals surface area contributed by atoms with Crippen molar-refractivity contribution in [1.82, 2.24) is 0 Å². The van der Waals surface area contributed by atoms with Gasteiger partial charge in [-0.05, 0) is 24.3 Å². The molecule has 0 saturated carbocycles. The fraction of sp³-hybridized carbons (Fsp3) is 0.0714. The van der Waals surface area contributed by atoms with Crippen LogP contribution in [-0.2, 0) is 6.18 Å². The van der Waals surface area contributed by atoms with Crippen LogP contribution < -0.4 is 4.74 Å². The molecule has 6 heteroatoms. The Kier molecular flexibility index (Phi) is 3.74. The van der Waals surface area contributed by atoms with Gasteiger partial charge in [0.25, 0.3) is 0 Å². The third-order valence-electron chi connectivity index (χ3n) is 2.48. The Morgan fingerprint density at radius 3 is 2.20 bits per heavy atom. The van der Waals surface area contributed by atoms with E-state index in [1.54, 1.807) is 6.07 Å². The molecule has 0 atom stereocenters. The van der Waals surface area contributed by atoms with Gasteiger partial charge in [-0.3, -0.25) is 0 Å². The molecule has 0 saturated heterocycles. The maximum Gasteiger partial charge on any atom is 0.417 e. The van der Waals surface area contributed by atoms with E-state index in [4.69, 9.17) is 4.74 Å². The minimum absolute atomic E-state index is 0.0360. The zero-order valence-electron chi connectivity index (χ0n) is 9.95. The number of ether oxygens (including phenoxy) is 1. The molecule has 2 aromatic carbocycles. The van der Waals surface area contributed by atoms with Gasteiger partial charge < -0.3 is 4.74 Å². The van der Waals surface area contributed by atoms with Gasteiger partial charge in [-0.25, -0.2) is 9.18 Å². The second-order valence-electron chi connectivity index (χ2n) is 3.86. The molecule has 0 aliphatic heterocycles. The van der Waals surface area contributed by atoms with E-state index in [0.29, 0.717) is 6.07 Å². The summed E-state index contributed by atoms with van der Waals surface area (Å²) in [5.74, 6) is -2.63. The van der Waals surface area contributed by atoms with Gasteiger partial charge in [0.2, 0.25) is 0 Å². The lowest BCUT2D eigenvalue weighted by molar-refractivity contribution is -0.138. The summed E-state index contributed by atoms with van der Waals surface area (Å²) in [6.07, 6.45) is -4.84. The maximum atomic E-state index is 13.5. The summed E-state index contributed by atoms with van der Waals surface area (Å²) in [6.45, 7) is 0. The second-order valence-corrected chi connectivity index (χ2v) is 3.86. The van der Waals surface area contributed by atoms with Crippen LogP contribution in [0.5, 0.6) is 5.75 Å². The number of para-hydroxylation sites is 1. The van der Waals surface area contributed by atoms with Crippen molar-refractivity contribution in [3.05, 3.63) is 65.5 Å². The van der Waals surface area contributed by atoms with Gasteiger partial charge >= 0.3 is 12.1 Å². The Labute approximate surface area is 111 Å². The first kappa shape index (κ1) is 14.0. The van der Waals surface area contributed by atoms with E-state index in [2.05, 4.69) is 0 Å². The number of hydrogen-bond donors (Lipinski definition) is 0. The number of halogens is 4. The van der Waals surface area contributed by atoms with E-state index < -0.39 is 29.1 Å². The Morgan fingerprint density at radius 1 is 0.950 bits per heavy atom. The molecule has 104 valence electrons. The molecular weight excluding hydrogens is 276 g/mol. The maximum absolute atomic E-state index is 13.5. The first-order chi connectivity index (χ1) is 9.39. The third kappa shape index (κ3) is 2.96. The Hall–Kier alpha value is -2.37. The highest BCUT2D eigenvalue weighted by Gasteiger charge is 2.37. The summed E-state index contributed by atoms with van der Waals surface area (Å²) >= 11 is 0. The topological polar surface area (TPSA) is 26.3 Å². The van der Waals surface area contributed by atoms with Crippen molar-refractivity contribution in [2.45, 2.75) is 6.18 Å². The standard InChI is InChI=1S/C14H8F4O2/c15-11-8-4-7-10(14(16,17)18)12(11)13(19)20-9-5-2-1-3-6-9/h1-8H. The van der Waals surface area contributed by atoms with Crippen LogP contribution in [0.4, 0.5) is 17.6 Å². The van der Waals surface area contributed by atoms with Crippen LogP contribution >= 0.6 is 0 Å².